The van der Waals surface area contributed by atoms with Crippen LogP contribution >= 0.6 is 0 Å². The summed E-state index contributed by atoms with van der Waals surface area (Å²) in [6.45, 7) is -0.379. The first-order chi connectivity index (χ1) is 9.38. The molecule has 1 amide bonds. The Labute approximate surface area is 115 Å². The summed E-state index contributed by atoms with van der Waals surface area (Å²) >= 11 is 0. The van der Waals surface area contributed by atoms with Gasteiger partial charge >= 0.3 is 12.1 Å². The molecular formula is C11H14N2O6S. The van der Waals surface area contributed by atoms with Gasteiger partial charge in [-0.1, -0.05) is 12.1 Å². The zero-order valence-electron chi connectivity index (χ0n) is 10.7. The number of amides is 1. The molecule has 0 aliphatic carbocycles. The zero-order valence-corrected chi connectivity index (χ0v) is 11.5. The number of ether oxygens (including phenoxy) is 2. The summed E-state index contributed by atoms with van der Waals surface area (Å²) in [6, 6.07) is 5.59. The second-order valence-electron chi connectivity index (χ2n) is 3.55. The van der Waals surface area contributed by atoms with Crippen molar-refractivity contribution < 1.29 is 27.5 Å². The fraction of sp³-hybridized carbons (Fsp3) is 0.273. The second-order valence-corrected chi connectivity index (χ2v) is 5.29. The Balaban J connectivity index is 2.87. The van der Waals surface area contributed by atoms with Crippen LogP contribution in [-0.2, 0) is 19.5 Å². The number of sulfonamides is 1. The first-order valence-electron chi connectivity index (χ1n) is 5.47. The highest BCUT2D eigenvalue weighted by atomic mass is 32.2. The van der Waals surface area contributed by atoms with Crippen molar-refractivity contribution in [3.8, 4) is 0 Å². The third-order valence-corrected chi connectivity index (χ3v) is 3.74. The molecule has 0 radical (unpaired) electrons. The second kappa shape index (κ2) is 6.87. The van der Waals surface area contributed by atoms with Crippen LogP contribution in [-0.4, -0.2) is 40.7 Å². The van der Waals surface area contributed by atoms with Gasteiger partial charge in [-0.3, -0.25) is 0 Å². The molecule has 0 fully saturated rings. The van der Waals surface area contributed by atoms with Crippen molar-refractivity contribution in [2.24, 2.45) is 5.73 Å². The van der Waals surface area contributed by atoms with E-state index in [1.54, 1.807) is 0 Å². The Kier molecular flexibility index (Phi) is 5.47. The molecule has 110 valence electrons. The molecule has 0 aliphatic heterocycles. The standard InChI is InChI=1S/C11H14N2O6S/c1-18-10(14)8-4-2-3-5-9(8)20(16,17)13-6-7-19-11(12)15/h2-5,13H,6-7H2,1H3,(H2,12,15). The molecular weight excluding hydrogens is 288 g/mol. The van der Waals surface area contributed by atoms with Crippen molar-refractivity contribution in [2.75, 3.05) is 20.3 Å². The predicted molar refractivity (Wildman–Crippen MR) is 68.5 cm³/mol. The number of methoxy groups -OCH3 is 1. The fourth-order valence-corrected chi connectivity index (χ4v) is 2.59. The molecule has 1 aromatic rings. The summed E-state index contributed by atoms with van der Waals surface area (Å²) < 4.78 is 35.1. The molecule has 9 heteroatoms. The average Bonchev–Trinajstić information content (AvgIpc) is 2.42. The summed E-state index contributed by atoms with van der Waals surface area (Å²) in [5.74, 6) is -0.764. The van der Waals surface area contributed by atoms with Crippen LogP contribution in [0.1, 0.15) is 10.4 Å². The maximum Gasteiger partial charge on any atom is 0.404 e. The fourth-order valence-electron chi connectivity index (χ4n) is 1.38. The Morgan fingerprint density at radius 3 is 2.55 bits per heavy atom. The van der Waals surface area contributed by atoms with Gasteiger partial charge in [-0.15, -0.1) is 0 Å². The lowest BCUT2D eigenvalue weighted by atomic mass is 10.2. The van der Waals surface area contributed by atoms with Gasteiger partial charge in [-0.25, -0.2) is 22.7 Å². The third kappa shape index (κ3) is 4.21. The Morgan fingerprint density at radius 1 is 1.30 bits per heavy atom. The Morgan fingerprint density at radius 2 is 1.95 bits per heavy atom. The zero-order chi connectivity index (χ0) is 15.2. The highest BCUT2D eigenvalue weighted by molar-refractivity contribution is 7.89. The third-order valence-electron chi connectivity index (χ3n) is 2.22. The number of esters is 1. The predicted octanol–water partition coefficient (Wildman–Crippen LogP) is -0.153. The molecule has 0 saturated heterocycles. The van der Waals surface area contributed by atoms with E-state index in [2.05, 4.69) is 14.2 Å². The maximum absolute atomic E-state index is 12.0. The van der Waals surface area contributed by atoms with Crippen LogP contribution in [0.4, 0.5) is 4.79 Å². The number of primary amides is 1. The van der Waals surface area contributed by atoms with Gasteiger partial charge in [-0.05, 0) is 12.1 Å². The van der Waals surface area contributed by atoms with Crippen molar-refractivity contribution in [3.63, 3.8) is 0 Å². The SMILES string of the molecule is COC(=O)c1ccccc1S(=O)(=O)NCCOC(N)=O. The number of nitrogens with one attached hydrogen (secondary N) is 1. The lowest BCUT2D eigenvalue weighted by Gasteiger charge is -2.10. The van der Waals surface area contributed by atoms with E-state index in [0.29, 0.717) is 0 Å². The summed E-state index contributed by atoms with van der Waals surface area (Å²) in [7, 11) is -2.77. The van der Waals surface area contributed by atoms with Gasteiger partial charge in [0.1, 0.15) is 6.61 Å². The lowest BCUT2D eigenvalue weighted by Crippen LogP contribution is -2.30. The quantitative estimate of drug-likeness (QED) is 0.556. The Bertz CT molecular complexity index is 599. The molecule has 0 aliphatic rings. The van der Waals surface area contributed by atoms with Gasteiger partial charge in [0.05, 0.1) is 17.6 Å². The number of carbonyl (C=O) groups excluding carboxylic acids is 2. The minimum atomic E-state index is -3.93. The van der Waals surface area contributed by atoms with Crippen molar-refractivity contribution in [3.05, 3.63) is 29.8 Å². The molecule has 1 rings (SSSR count). The molecule has 0 heterocycles. The van der Waals surface area contributed by atoms with E-state index < -0.39 is 22.1 Å². The van der Waals surface area contributed by atoms with Crippen LogP contribution in [0.2, 0.25) is 0 Å². The van der Waals surface area contributed by atoms with Crippen LogP contribution in [0.3, 0.4) is 0 Å². The number of benzene rings is 1. The minimum absolute atomic E-state index is 0.0849. The monoisotopic (exact) mass is 302 g/mol. The average molecular weight is 302 g/mol. The van der Waals surface area contributed by atoms with E-state index in [1.807, 2.05) is 0 Å². The van der Waals surface area contributed by atoms with E-state index in [0.717, 1.165) is 7.11 Å². The molecule has 0 bridgehead atoms. The van der Waals surface area contributed by atoms with Gasteiger partial charge < -0.3 is 15.2 Å². The van der Waals surface area contributed by atoms with E-state index in [1.165, 1.54) is 24.3 Å². The molecule has 0 aromatic heterocycles. The van der Waals surface area contributed by atoms with Crippen LogP contribution in [0.15, 0.2) is 29.2 Å². The number of hydrogen-bond donors (Lipinski definition) is 2. The smallest absolute Gasteiger partial charge is 0.404 e. The summed E-state index contributed by atoms with van der Waals surface area (Å²) in [5.41, 5.74) is 4.65. The molecule has 3 N–H and O–H groups in total. The number of hydrogen-bond acceptors (Lipinski definition) is 6. The molecule has 1 aromatic carbocycles. The molecule has 0 saturated carbocycles. The van der Waals surface area contributed by atoms with E-state index in [4.69, 9.17) is 5.73 Å². The van der Waals surface area contributed by atoms with E-state index >= 15 is 0 Å². The van der Waals surface area contributed by atoms with Crippen molar-refractivity contribution in [2.45, 2.75) is 4.90 Å². The van der Waals surface area contributed by atoms with Gasteiger partial charge in [0.15, 0.2) is 0 Å². The first kappa shape index (κ1) is 15.9. The summed E-state index contributed by atoms with van der Waals surface area (Å²) in [6.07, 6.45) is -1.00. The van der Waals surface area contributed by atoms with Crippen molar-refractivity contribution >= 4 is 22.1 Å². The van der Waals surface area contributed by atoms with Gasteiger partial charge in [0.25, 0.3) is 0 Å². The molecule has 0 spiro atoms. The first-order valence-corrected chi connectivity index (χ1v) is 6.96. The molecule has 8 nitrogen and oxygen atoms in total. The van der Waals surface area contributed by atoms with Crippen LogP contribution in [0, 0.1) is 0 Å². The molecule has 20 heavy (non-hydrogen) atoms. The minimum Gasteiger partial charge on any atom is -0.465 e. The number of rotatable bonds is 6. The Hall–Kier alpha value is -2.13. The molecule has 0 unspecified atom stereocenters. The van der Waals surface area contributed by atoms with Crippen molar-refractivity contribution in [1.29, 1.82) is 0 Å². The number of carbonyl (C=O) groups is 2. The molecule has 0 atom stereocenters. The van der Waals surface area contributed by atoms with Gasteiger partial charge in [-0.2, -0.15) is 0 Å². The van der Waals surface area contributed by atoms with Gasteiger partial charge in [0, 0.05) is 6.54 Å². The number of nitrogens with two attached hydrogens (primary N) is 1. The highest BCUT2D eigenvalue weighted by Crippen LogP contribution is 2.15. The van der Waals surface area contributed by atoms with Crippen LogP contribution in [0.5, 0.6) is 0 Å². The van der Waals surface area contributed by atoms with E-state index in [9.17, 15) is 18.0 Å². The largest absolute Gasteiger partial charge is 0.465 e. The maximum atomic E-state index is 12.0. The normalized spacial score (nSPS) is 10.8. The topological polar surface area (TPSA) is 125 Å². The highest BCUT2D eigenvalue weighted by Gasteiger charge is 2.22. The van der Waals surface area contributed by atoms with E-state index in [-0.39, 0.29) is 23.6 Å². The van der Waals surface area contributed by atoms with Gasteiger partial charge in [0.2, 0.25) is 10.0 Å². The van der Waals surface area contributed by atoms with Crippen LogP contribution in [0.25, 0.3) is 0 Å². The summed E-state index contributed by atoms with van der Waals surface area (Å²) in [5, 5.41) is 0. The van der Waals surface area contributed by atoms with Crippen molar-refractivity contribution in [1.82, 2.24) is 4.72 Å². The lowest BCUT2D eigenvalue weighted by molar-refractivity contribution is 0.0596. The van der Waals surface area contributed by atoms with Crippen LogP contribution < -0.4 is 10.5 Å². The summed E-state index contributed by atoms with van der Waals surface area (Å²) in [4.78, 5) is 21.6.